The predicted octanol–water partition coefficient (Wildman–Crippen LogP) is 3.81. The molecule has 1 saturated heterocycles. The molecular formula is C15H17Cl3FN3OS. The lowest BCUT2D eigenvalue weighted by Gasteiger charge is -2.45. The first kappa shape index (κ1) is 19.5. The summed E-state index contributed by atoms with van der Waals surface area (Å²) >= 11 is 23.5. The maximum absolute atomic E-state index is 14.2. The molecule has 9 heteroatoms. The Labute approximate surface area is 160 Å². The average Bonchev–Trinajstić information content (AvgIpc) is 2.53. The molecule has 0 aromatic carbocycles. The molecular weight excluding hydrogens is 396 g/mol. The average molecular weight is 413 g/mol. The molecule has 1 atom stereocenters. The van der Waals surface area contributed by atoms with Crippen molar-refractivity contribution in [3.63, 3.8) is 0 Å². The van der Waals surface area contributed by atoms with E-state index in [0.717, 1.165) is 6.08 Å². The molecule has 0 spiro atoms. The van der Waals surface area contributed by atoms with Crippen molar-refractivity contribution in [1.82, 2.24) is 15.1 Å². The summed E-state index contributed by atoms with van der Waals surface area (Å²) in [6.07, 6.45) is 5.37. The Morgan fingerprint density at radius 2 is 2.17 bits per heavy atom. The second kappa shape index (κ2) is 8.04. The molecule has 132 valence electrons. The van der Waals surface area contributed by atoms with Gasteiger partial charge in [-0.05, 0) is 37.2 Å². The van der Waals surface area contributed by atoms with Crippen LogP contribution in [0.2, 0.25) is 0 Å². The van der Waals surface area contributed by atoms with Gasteiger partial charge in [0, 0.05) is 19.5 Å². The minimum atomic E-state index is -1.82. The van der Waals surface area contributed by atoms with Crippen molar-refractivity contribution >= 4 is 58.0 Å². The SMILES string of the molecule is C=CC(=O)NC(N1CCCN(C2=C(F)CCC=C2)C1=S)C(Cl)(Cl)Cl. The number of thiocarbonyl (C=S) groups is 1. The van der Waals surface area contributed by atoms with E-state index < -0.39 is 15.9 Å². The normalized spacial score (nSPS) is 20.2. The number of nitrogens with one attached hydrogen (secondary N) is 1. The van der Waals surface area contributed by atoms with E-state index in [4.69, 9.17) is 47.0 Å². The van der Waals surface area contributed by atoms with Crippen LogP contribution in [0.15, 0.2) is 36.3 Å². The molecule has 1 fully saturated rings. The number of alkyl halides is 3. The molecule has 0 bridgehead atoms. The standard InChI is InChI=1S/C15H17Cl3FN3OS/c1-2-12(23)20-13(15(16,17)18)22-9-5-8-21(14(22)24)11-7-4-3-6-10(11)19/h2,4,7,13H,1,3,5-6,8-9H2,(H,20,23). The molecule has 2 aliphatic rings. The van der Waals surface area contributed by atoms with Crippen LogP contribution in [0.4, 0.5) is 4.39 Å². The molecule has 1 aliphatic heterocycles. The van der Waals surface area contributed by atoms with E-state index in [2.05, 4.69) is 11.9 Å². The van der Waals surface area contributed by atoms with Gasteiger partial charge < -0.3 is 15.1 Å². The van der Waals surface area contributed by atoms with Crippen LogP contribution in [0.25, 0.3) is 0 Å². The number of carbonyl (C=O) groups is 1. The lowest BCUT2D eigenvalue weighted by Crippen LogP contribution is -2.62. The maximum Gasteiger partial charge on any atom is 0.245 e. The molecule has 1 heterocycles. The van der Waals surface area contributed by atoms with Crippen molar-refractivity contribution in [2.24, 2.45) is 0 Å². The van der Waals surface area contributed by atoms with Gasteiger partial charge in [0.25, 0.3) is 0 Å². The topological polar surface area (TPSA) is 35.6 Å². The van der Waals surface area contributed by atoms with Gasteiger partial charge in [-0.3, -0.25) is 4.79 Å². The highest BCUT2D eigenvalue weighted by molar-refractivity contribution is 7.80. The fraction of sp³-hybridized carbons (Fsp3) is 0.467. The number of hydrogen-bond donors (Lipinski definition) is 1. The number of hydrogen-bond acceptors (Lipinski definition) is 2. The number of nitrogens with zero attached hydrogens (tertiary/aromatic N) is 2. The van der Waals surface area contributed by atoms with E-state index in [1.807, 2.05) is 6.08 Å². The van der Waals surface area contributed by atoms with Crippen LogP contribution in [0, 0.1) is 0 Å². The van der Waals surface area contributed by atoms with Crippen molar-refractivity contribution in [2.45, 2.75) is 29.2 Å². The highest BCUT2D eigenvalue weighted by Crippen LogP contribution is 2.35. The second-order valence-electron chi connectivity index (χ2n) is 5.37. The third-order valence-electron chi connectivity index (χ3n) is 3.72. The van der Waals surface area contributed by atoms with Crippen LogP contribution in [0.5, 0.6) is 0 Å². The van der Waals surface area contributed by atoms with Crippen LogP contribution >= 0.6 is 47.0 Å². The summed E-state index contributed by atoms with van der Waals surface area (Å²) in [6.45, 7) is 4.43. The van der Waals surface area contributed by atoms with Crippen molar-refractivity contribution in [2.75, 3.05) is 13.1 Å². The summed E-state index contributed by atoms with van der Waals surface area (Å²) in [5, 5.41) is 2.88. The first-order valence-corrected chi connectivity index (χ1v) is 8.93. The van der Waals surface area contributed by atoms with Crippen molar-refractivity contribution in [1.29, 1.82) is 0 Å². The summed E-state index contributed by atoms with van der Waals surface area (Å²) < 4.78 is 12.4. The number of rotatable bonds is 4. The summed E-state index contributed by atoms with van der Waals surface area (Å²) in [4.78, 5) is 15.0. The number of carbonyl (C=O) groups excluding carboxylic acids is 1. The van der Waals surface area contributed by atoms with Gasteiger partial charge >= 0.3 is 0 Å². The Morgan fingerprint density at radius 1 is 1.46 bits per heavy atom. The minimum Gasteiger partial charge on any atom is -0.329 e. The maximum atomic E-state index is 14.2. The Morgan fingerprint density at radius 3 is 2.75 bits per heavy atom. The summed E-state index contributed by atoms with van der Waals surface area (Å²) in [5.41, 5.74) is 0.425. The molecule has 0 aromatic rings. The van der Waals surface area contributed by atoms with Gasteiger partial charge in [0.05, 0.1) is 5.70 Å². The molecule has 2 rings (SSSR count). The van der Waals surface area contributed by atoms with Crippen LogP contribution in [0.3, 0.4) is 0 Å². The van der Waals surface area contributed by atoms with E-state index in [9.17, 15) is 9.18 Å². The summed E-state index contributed by atoms with van der Waals surface area (Å²) in [7, 11) is 0. The molecule has 0 saturated carbocycles. The van der Waals surface area contributed by atoms with Gasteiger partial charge in [0.2, 0.25) is 9.70 Å². The predicted molar refractivity (Wildman–Crippen MR) is 99.6 cm³/mol. The zero-order valence-corrected chi connectivity index (χ0v) is 15.9. The van der Waals surface area contributed by atoms with E-state index in [0.29, 0.717) is 43.2 Å². The molecule has 1 N–H and O–H groups in total. The monoisotopic (exact) mass is 411 g/mol. The zero-order chi connectivity index (χ0) is 17.9. The van der Waals surface area contributed by atoms with E-state index in [1.165, 1.54) is 0 Å². The second-order valence-corrected chi connectivity index (χ2v) is 8.10. The minimum absolute atomic E-state index is 0.220. The molecule has 1 aliphatic carbocycles. The third-order valence-corrected chi connectivity index (χ3v) is 4.79. The summed E-state index contributed by atoms with van der Waals surface area (Å²) in [5.74, 6) is -0.712. The molecule has 0 radical (unpaired) electrons. The summed E-state index contributed by atoms with van der Waals surface area (Å²) in [6, 6.07) is 0. The van der Waals surface area contributed by atoms with Gasteiger partial charge in [0.1, 0.15) is 5.83 Å². The van der Waals surface area contributed by atoms with Gasteiger partial charge in [-0.1, -0.05) is 47.5 Å². The van der Waals surface area contributed by atoms with Crippen LogP contribution in [-0.4, -0.2) is 43.9 Å². The smallest absolute Gasteiger partial charge is 0.245 e. The van der Waals surface area contributed by atoms with Gasteiger partial charge in [0.15, 0.2) is 11.3 Å². The van der Waals surface area contributed by atoms with E-state index >= 15 is 0 Å². The lowest BCUT2D eigenvalue weighted by atomic mass is 10.1. The largest absolute Gasteiger partial charge is 0.329 e. The Balaban J connectivity index is 2.28. The quantitative estimate of drug-likeness (QED) is 0.433. The van der Waals surface area contributed by atoms with Gasteiger partial charge in [-0.25, -0.2) is 4.39 Å². The number of allylic oxidation sites excluding steroid dienone is 3. The van der Waals surface area contributed by atoms with Crippen molar-refractivity contribution in [3.05, 3.63) is 36.3 Å². The highest BCUT2D eigenvalue weighted by Gasteiger charge is 2.42. The highest BCUT2D eigenvalue weighted by atomic mass is 35.6. The van der Waals surface area contributed by atoms with Crippen LogP contribution < -0.4 is 5.32 Å². The first-order valence-electron chi connectivity index (χ1n) is 7.38. The molecule has 0 aromatic heterocycles. The first-order chi connectivity index (χ1) is 11.3. The fourth-order valence-electron chi connectivity index (χ4n) is 2.60. The van der Waals surface area contributed by atoms with Crippen molar-refractivity contribution in [3.8, 4) is 0 Å². The Kier molecular flexibility index (Phi) is 6.53. The van der Waals surface area contributed by atoms with Gasteiger partial charge in [-0.15, -0.1) is 0 Å². The fourth-order valence-corrected chi connectivity index (χ4v) is 3.50. The molecule has 4 nitrogen and oxygen atoms in total. The number of halogens is 4. The van der Waals surface area contributed by atoms with Crippen LogP contribution in [-0.2, 0) is 4.79 Å². The number of amides is 1. The van der Waals surface area contributed by atoms with Crippen molar-refractivity contribution < 1.29 is 9.18 Å². The van der Waals surface area contributed by atoms with Crippen LogP contribution in [0.1, 0.15) is 19.3 Å². The zero-order valence-electron chi connectivity index (χ0n) is 12.8. The van der Waals surface area contributed by atoms with Gasteiger partial charge in [-0.2, -0.15) is 0 Å². The Bertz CT molecular complexity index is 603. The van der Waals surface area contributed by atoms with E-state index in [1.54, 1.807) is 15.9 Å². The van der Waals surface area contributed by atoms with E-state index in [-0.39, 0.29) is 5.83 Å². The lowest BCUT2D eigenvalue weighted by molar-refractivity contribution is -0.118. The Hall–Kier alpha value is -0.820. The third kappa shape index (κ3) is 4.42. The molecule has 1 amide bonds. The molecule has 24 heavy (non-hydrogen) atoms. The molecule has 1 unspecified atom stereocenters.